The number of hydrogen-bond acceptors (Lipinski definition) is 6. The van der Waals surface area contributed by atoms with Gasteiger partial charge in [-0.3, -0.25) is 9.78 Å². The lowest BCUT2D eigenvalue weighted by molar-refractivity contribution is -0.134. The number of benzene rings is 1. The number of nitrogens with zero attached hydrogens (tertiary/aromatic N) is 3. The highest BCUT2D eigenvalue weighted by Gasteiger charge is 2.28. The van der Waals surface area contributed by atoms with E-state index in [4.69, 9.17) is 14.9 Å². The van der Waals surface area contributed by atoms with Gasteiger partial charge in [-0.15, -0.1) is 0 Å². The van der Waals surface area contributed by atoms with Crippen LogP contribution in [0.15, 0.2) is 42.6 Å². The molecule has 0 radical (unpaired) electrons. The number of likely N-dealkylation sites (N-methyl/N-ethyl adjacent to an activating group) is 1. The molecule has 1 aliphatic heterocycles. The number of pyridine rings is 1. The van der Waals surface area contributed by atoms with Gasteiger partial charge in [0.15, 0.2) is 0 Å². The van der Waals surface area contributed by atoms with Crippen LogP contribution in [-0.4, -0.2) is 88.7 Å². The highest BCUT2D eigenvalue weighted by atomic mass is 16.5. The molecule has 0 saturated carbocycles. The van der Waals surface area contributed by atoms with Gasteiger partial charge in [0, 0.05) is 37.3 Å². The second kappa shape index (κ2) is 11.6. The van der Waals surface area contributed by atoms with Gasteiger partial charge in [0.1, 0.15) is 17.4 Å². The molecule has 2 heterocycles. The first kappa shape index (κ1) is 25.5. The Morgan fingerprint density at radius 3 is 2.42 bits per heavy atom. The van der Waals surface area contributed by atoms with Crippen molar-refractivity contribution in [1.82, 2.24) is 14.8 Å². The van der Waals surface area contributed by atoms with E-state index in [0.717, 1.165) is 23.9 Å². The van der Waals surface area contributed by atoms with Crippen molar-refractivity contribution in [1.29, 1.82) is 0 Å². The second-order valence-electron chi connectivity index (χ2n) is 7.05. The van der Waals surface area contributed by atoms with Crippen molar-refractivity contribution >= 4 is 28.7 Å². The van der Waals surface area contributed by atoms with Crippen LogP contribution in [0.4, 0.5) is 0 Å². The molecule has 0 bridgehead atoms. The summed E-state index contributed by atoms with van der Waals surface area (Å²) in [5.41, 5.74) is 1.40. The molecule has 3 rings (SSSR count). The summed E-state index contributed by atoms with van der Waals surface area (Å²) in [6.07, 6.45) is 3.61. The lowest BCUT2D eigenvalue weighted by Gasteiger charge is -2.22. The quantitative estimate of drug-likeness (QED) is 0.660. The number of rotatable bonds is 5. The molecular weight excluding hydrogens is 406 g/mol. The van der Waals surface area contributed by atoms with Gasteiger partial charge in [-0.1, -0.05) is 12.1 Å². The maximum absolute atomic E-state index is 12.6. The Hall–Kier alpha value is -3.50. The molecule has 1 amide bonds. The van der Waals surface area contributed by atoms with Gasteiger partial charge in [-0.2, -0.15) is 0 Å². The Morgan fingerprint density at radius 2 is 1.84 bits per heavy atom. The number of aliphatic carboxylic acids is 2. The number of amides is 1. The molecule has 1 unspecified atom stereocenters. The Bertz CT molecular complexity index is 943. The lowest BCUT2D eigenvalue weighted by atomic mass is 10.1. The summed E-state index contributed by atoms with van der Waals surface area (Å²) in [6, 6.07) is 7.78. The van der Waals surface area contributed by atoms with E-state index < -0.39 is 11.9 Å². The fraction of sp³-hybridized carbons (Fsp3) is 0.333. The van der Waals surface area contributed by atoms with Gasteiger partial charge in [0.25, 0.3) is 5.91 Å². The van der Waals surface area contributed by atoms with Crippen LogP contribution in [0.1, 0.15) is 16.8 Å². The van der Waals surface area contributed by atoms with Crippen molar-refractivity contribution in [3.63, 3.8) is 0 Å². The van der Waals surface area contributed by atoms with Crippen LogP contribution in [0.5, 0.6) is 5.75 Å². The van der Waals surface area contributed by atoms with Crippen molar-refractivity contribution in [3.8, 4) is 5.75 Å². The van der Waals surface area contributed by atoms with Gasteiger partial charge in [-0.05, 0) is 32.6 Å². The molecule has 1 aliphatic rings. The van der Waals surface area contributed by atoms with Crippen molar-refractivity contribution in [2.45, 2.75) is 12.5 Å². The van der Waals surface area contributed by atoms with E-state index in [-0.39, 0.29) is 17.5 Å². The van der Waals surface area contributed by atoms with E-state index in [2.05, 4.69) is 9.88 Å². The Kier molecular flexibility index (Phi) is 9.58. The second-order valence-corrected chi connectivity index (χ2v) is 7.05. The van der Waals surface area contributed by atoms with E-state index in [0.29, 0.717) is 30.0 Å². The first-order chi connectivity index (χ1) is 14.2. The van der Waals surface area contributed by atoms with Crippen molar-refractivity contribution in [2.24, 2.45) is 0 Å². The lowest BCUT2D eigenvalue weighted by Crippen LogP contribution is -2.35. The molecule has 31 heavy (non-hydrogen) atoms. The molecule has 0 aliphatic carbocycles. The minimum absolute atomic E-state index is 0. The van der Waals surface area contributed by atoms with Crippen LogP contribution in [0.25, 0.3) is 10.9 Å². The normalized spacial score (nSPS) is 15.4. The molecule has 0 fully saturated rings. The maximum atomic E-state index is 12.6. The maximum Gasteiger partial charge on any atom is 0.328 e. The van der Waals surface area contributed by atoms with Gasteiger partial charge < -0.3 is 30.2 Å². The van der Waals surface area contributed by atoms with Crippen LogP contribution in [0, 0.1) is 0 Å². The first-order valence-corrected chi connectivity index (χ1v) is 9.27. The average Bonchev–Trinajstić information content (AvgIpc) is 2.82. The van der Waals surface area contributed by atoms with Crippen LogP contribution in [0.3, 0.4) is 0 Å². The molecule has 0 saturated heterocycles. The minimum atomic E-state index is -1.26. The summed E-state index contributed by atoms with van der Waals surface area (Å²) in [7, 11) is 5.90. The number of carbonyl (C=O) groups is 3. The third-order valence-corrected chi connectivity index (χ3v) is 4.33. The van der Waals surface area contributed by atoms with Crippen molar-refractivity contribution in [2.75, 3.05) is 34.2 Å². The summed E-state index contributed by atoms with van der Waals surface area (Å²) in [4.78, 5) is 39.9. The minimum Gasteiger partial charge on any atom is -0.487 e. The summed E-state index contributed by atoms with van der Waals surface area (Å²) >= 11 is 0. The summed E-state index contributed by atoms with van der Waals surface area (Å²) in [5.74, 6) is -1.87. The van der Waals surface area contributed by atoms with Crippen LogP contribution in [-0.2, 0) is 9.59 Å². The number of carboxylic acid groups (broad SMARTS) is 2. The van der Waals surface area contributed by atoms with Crippen molar-refractivity contribution < 1.29 is 34.8 Å². The van der Waals surface area contributed by atoms with Gasteiger partial charge >= 0.3 is 11.9 Å². The summed E-state index contributed by atoms with van der Waals surface area (Å²) in [6.45, 7) is 1.51. The average molecular weight is 433 g/mol. The molecule has 0 spiro atoms. The molecule has 2 aromatic rings. The Balaban J connectivity index is 0.000000461. The predicted octanol–water partition coefficient (Wildman–Crippen LogP) is 0.907. The van der Waals surface area contributed by atoms with Crippen LogP contribution >= 0.6 is 0 Å². The predicted molar refractivity (Wildman–Crippen MR) is 114 cm³/mol. The highest BCUT2D eigenvalue weighted by molar-refractivity contribution is 6.02. The zero-order valence-corrected chi connectivity index (χ0v) is 17.6. The molecular formula is C21H27N3O7. The largest absolute Gasteiger partial charge is 0.487 e. The first-order valence-electron chi connectivity index (χ1n) is 9.27. The van der Waals surface area contributed by atoms with Crippen molar-refractivity contribution in [3.05, 3.63) is 48.2 Å². The molecule has 4 N–H and O–H groups in total. The number of carbonyl (C=O) groups excluding carboxylic acids is 1. The number of fused-ring (bicyclic) bond motifs is 3. The van der Waals surface area contributed by atoms with E-state index >= 15 is 0 Å². The SMILES string of the molecule is CN(C)CCC1CN(C)C(=O)c2cnc3ccccc3c2O1.O.O=C(O)C=CC(=O)O. The summed E-state index contributed by atoms with van der Waals surface area (Å²) < 4.78 is 6.23. The molecule has 1 atom stereocenters. The number of hydrogen-bond donors (Lipinski definition) is 2. The smallest absolute Gasteiger partial charge is 0.328 e. The Labute approximate surface area is 179 Å². The topological polar surface area (TPSA) is 152 Å². The van der Waals surface area contributed by atoms with Gasteiger partial charge in [-0.25, -0.2) is 9.59 Å². The zero-order chi connectivity index (χ0) is 22.3. The molecule has 1 aromatic heterocycles. The van der Waals surface area contributed by atoms with E-state index in [9.17, 15) is 14.4 Å². The van der Waals surface area contributed by atoms with E-state index in [1.807, 2.05) is 45.4 Å². The fourth-order valence-corrected chi connectivity index (χ4v) is 2.89. The number of ether oxygens (including phenoxy) is 1. The third kappa shape index (κ3) is 7.36. The molecule has 1 aromatic carbocycles. The monoisotopic (exact) mass is 433 g/mol. The molecule has 10 nitrogen and oxygen atoms in total. The standard InChI is InChI=1S/C17H21N3O2.C4H4O4.H2O/c1-19(2)9-8-12-11-20(3)17(21)14-10-18-15-7-5-4-6-13(15)16(14)22-12;5-3(6)1-2-4(7)8;/h4-7,10,12H,8-9,11H2,1-3H3;1-2H,(H,5,6)(H,7,8);1H2. The number of carboxylic acids is 2. The highest BCUT2D eigenvalue weighted by Crippen LogP contribution is 2.32. The number of para-hydroxylation sites is 1. The fourth-order valence-electron chi connectivity index (χ4n) is 2.89. The van der Waals surface area contributed by atoms with Gasteiger partial charge in [0.05, 0.1) is 12.1 Å². The third-order valence-electron chi connectivity index (χ3n) is 4.33. The molecule has 168 valence electrons. The summed E-state index contributed by atoms with van der Waals surface area (Å²) in [5, 5.41) is 16.5. The van der Waals surface area contributed by atoms with Crippen LogP contribution < -0.4 is 4.74 Å². The van der Waals surface area contributed by atoms with Gasteiger partial charge in [0.2, 0.25) is 0 Å². The molecule has 10 heteroatoms. The van der Waals surface area contributed by atoms with Crippen LogP contribution in [0.2, 0.25) is 0 Å². The Morgan fingerprint density at radius 1 is 1.23 bits per heavy atom. The zero-order valence-electron chi connectivity index (χ0n) is 17.6. The van der Waals surface area contributed by atoms with E-state index in [1.165, 1.54) is 0 Å². The number of aromatic nitrogens is 1. The van der Waals surface area contributed by atoms with E-state index in [1.54, 1.807) is 11.1 Å².